The second kappa shape index (κ2) is 11.1. The van der Waals surface area contributed by atoms with Gasteiger partial charge in [0.1, 0.15) is 5.75 Å². The first-order valence-corrected chi connectivity index (χ1v) is 12.1. The Balaban J connectivity index is 1.47. The number of nitrogens with zero attached hydrogens (tertiary/aromatic N) is 2. The average Bonchev–Trinajstić information content (AvgIpc) is 2.83. The first-order valence-electron chi connectivity index (χ1n) is 10.5. The van der Waals surface area contributed by atoms with Crippen molar-refractivity contribution in [1.29, 1.82) is 0 Å². The third-order valence-corrected chi connectivity index (χ3v) is 7.24. The van der Waals surface area contributed by atoms with Crippen molar-refractivity contribution in [1.82, 2.24) is 9.62 Å². The van der Waals surface area contributed by atoms with E-state index in [9.17, 15) is 13.2 Å². The number of anilines is 2. The minimum Gasteiger partial charge on any atom is -0.497 e. The van der Waals surface area contributed by atoms with Gasteiger partial charge in [0, 0.05) is 38.4 Å². The number of nitrogens with one attached hydrogen (secondary N) is 2. The van der Waals surface area contributed by atoms with Gasteiger partial charge in [0.25, 0.3) is 0 Å². The summed E-state index contributed by atoms with van der Waals surface area (Å²) >= 11 is 0. The number of amides is 2. The van der Waals surface area contributed by atoms with Crippen LogP contribution in [0.25, 0.3) is 0 Å². The Bertz CT molecular complexity index is 1040. The molecule has 2 N–H and O–H groups in total. The number of urea groups is 1. The van der Waals surface area contributed by atoms with Crippen LogP contribution < -0.4 is 29.7 Å². The minimum atomic E-state index is -3.49. The van der Waals surface area contributed by atoms with Crippen LogP contribution in [-0.2, 0) is 10.0 Å². The van der Waals surface area contributed by atoms with Gasteiger partial charge < -0.3 is 29.7 Å². The highest BCUT2D eigenvalue weighted by atomic mass is 32.2. The van der Waals surface area contributed by atoms with Crippen molar-refractivity contribution in [2.24, 2.45) is 0 Å². The molecule has 1 saturated heterocycles. The average molecular weight is 479 g/mol. The van der Waals surface area contributed by atoms with E-state index in [1.54, 1.807) is 25.3 Å². The fraction of sp³-hybridized carbons (Fsp3) is 0.409. The second-order valence-corrected chi connectivity index (χ2v) is 9.41. The Morgan fingerprint density at radius 2 is 1.64 bits per heavy atom. The lowest BCUT2D eigenvalue weighted by Gasteiger charge is -2.35. The standard InChI is InChI=1S/C22H30N4O6S/c1-30-18-9-7-17(8-10-18)25-12-14-26(15-13-25)33(28,29)16-11-23-22(27)24-19-5-4-6-20(31-2)21(19)32-3/h4-10H,11-16H2,1-3H3,(H2,23,24,27). The number of hydrogen-bond acceptors (Lipinski definition) is 7. The van der Waals surface area contributed by atoms with Crippen LogP contribution in [0, 0.1) is 0 Å². The van der Waals surface area contributed by atoms with Gasteiger partial charge in [0.15, 0.2) is 11.5 Å². The Labute approximate surface area is 194 Å². The molecule has 2 amide bonds. The van der Waals surface area contributed by atoms with Crippen LogP contribution in [0.5, 0.6) is 17.2 Å². The fourth-order valence-corrected chi connectivity index (χ4v) is 4.93. The van der Waals surface area contributed by atoms with Crippen molar-refractivity contribution in [2.75, 3.05) is 70.0 Å². The van der Waals surface area contributed by atoms with E-state index in [1.165, 1.54) is 18.5 Å². The molecule has 0 spiro atoms. The number of rotatable bonds is 9. The second-order valence-electron chi connectivity index (χ2n) is 7.32. The number of sulfonamides is 1. The molecule has 0 atom stereocenters. The molecule has 180 valence electrons. The van der Waals surface area contributed by atoms with Gasteiger partial charge in [-0.15, -0.1) is 0 Å². The van der Waals surface area contributed by atoms with Crippen molar-refractivity contribution in [2.45, 2.75) is 0 Å². The largest absolute Gasteiger partial charge is 0.497 e. The zero-order valence-electron chi connectivity index (χ0n) is 19.0. The third kappa shape index (κ3) is 6.20. The van der Waals surface area contributed by atoms with E-state index in [2.05, 4.69) is 15.5 Å². The summed E-state index contributed by atoms with van der Waals surface area (Å²) in [6, 6.07) is 12.3. The SMILES string of the molecule is COc1ccc(N2CCN(S(=O)(=O)CCNC(=O)Nc3cccc(OC)c3OC)CC2)cc1. The van der Waals surface area contributed by atoms with Crippen molar-refractivity contribution in [3.63, 3.8) is 0 Å². The molecule has 0 radical (unpaired) electrons. The Hall–Kier alpha value is -3.18. The predicted octanol–water partition coefficient (Wildman–Crippen LogP) is 1.99. The summed E-state index contributed by atoms with van der Waals surface area (Å²) in [4.78, 5) is 14.4. The first-order chi connectivity index (χ1) is 15.9. The number of piperazine rings is 1. The van der Waals surface area contributed by atoms with E-state index in [0.717, 1.165) is 11.4 Å². The summed E-state index contributed by atoms with van der Waals surface area (Å²) < 4.78 is 42.6. The van der Waals surface area contributed by atoms with Crippen molar-refractivity contribution >= 4 is 27.4 Å². The molecule has 1 aliphatic rings. The molecule has 33 heavy (non-hydrogen) atoms. The molecular formula is C22H30N4O6S. The molecule has 2 aromatic carbocycles. The number of ether oxygens (including phenoxy) is 3. The normalized spacial score (nSPS) is 14.5. The zero-order chi connectivity index (χ0) is 23.8. The van der Waals surface area contributed by atoms with E-state index < -0.39 is 16.1 Å². The number of hydrogen-bond donors (Lipinski definition) is 2. The van der Waals surface area contributed by atoms with E-state index in [1.807, 2.05) is 24.3 Å². The summed E-state index contributed by atoms with van der Waals surface area (Å²) in [6.45, 7) is 1.95. The quantitative estimate of drug-likeness (QED) is 0.567. The topological polar surface area (TPSA) is 109 Å². The van der Waals surface area contributed by atoms with Gasteiger partial charge in [0.05, 0.1) is 32.8 Å². The number of carbonyl (C=O) groups is 1. The molecule has 10 nitrogen and oxygen atoms in total. The highest BCUT2D eigenvalue weighted by Crippen LogP contribution is 2.34. The van der Waals surface area contributed by atoms with Gasteiger partial charge in [0.2, 0.25) is 10.0 Å². The maximum atomic E-state index is 12.7. The lowest BCUT2D eigenvalue weighted by atomic mass is 10.2. The van der Waals surface area contributed by atoms with Crippen molar-refractivity contribution in [3.8, 4) is 17.2 Å². The number of carbonyl (C=O) groups excluding carboxylic acids is 1. The van der Waals surface area contributed by atoms with Crippen LogP contribution in [0.4, 0.5) is 16.2 Å². The summed E-state index contributed by atoms with van der Waals surface area (Å²) in [5.74, 6) is 1.46. The number of para-hydroxylation sites is 1. The van der Waals surface area contributed by atoms with Crippen LogP contribution in [-0.4, -0.2) is 78.6 Å². The molecule has 11 heteroatoms. The molecule has 0 aliphatic carbocycles. The number of benzene rings is 2. The zero-order valence-corrected chi connectivity index (χ0v) is 19.9. The molecule has 1 heterocycles. The summed E-state index contributed by atoms with van der Waals surface area (Å²) in [5.41, 5.74) is 1.45. The predicted molar refractivity (Wildman–Crippen MR) is 127 cm³/mol. The molecule has 1 fully saturated rings. The van der Waals surface area contributed by atoms with Crippen LogP contribution in [0.2, 0.25) is 0 Å². The van der Waals surface area contributed by atoms with Gasteiger partial charge in [-0.3, -0.25) is 0 Å². The van der Waals surface area contributed by atoms with Crippen LogP contribution >= 0.6 is 0 Å². The van der Waals surface area contributed by atoms with E-state index in [4.69, 9.17) is 14.2 Å². The highest BCUT2D eigenvalue weighted by Gasteiger charge is 2.27. The van der Waals surface area contributed by atoms with Gasteiger partial charge in [-0.2, -0.15) is 4.31 Å². The Morgan fingerprint density at radius 1 is 0.939 bits per heavy atom. The minimum absolute atomic E-state index is 0.0147. The van der Waals surface area contributed by atoms with Crippen molar-refractivity contribution < 1.29 is 27.4 Å². The molecule has 0 unspecified atom stereocenters. The van der Waals surface area contributed by atoms with Gasteiger partial charge in [-0.25, -0.2) is 13.2 Å². The molecule has 0 aromatic heterocycles. The summed E-state index contributed by atoms with van der Waals surface area (Å²) in [6.07, 6.45) is 0. The van der Waals surface area contributed by atoms with Crippen LogP contribution in [0.1, 0.15) is 0 Å². The lowest BCUT2D eigenvalue weighted by molar-refractivity contribution is 0.252. The van der Waals surface area contributed by atoms with E-state index in [0.29, 0.717) is 43.4 Å². The molecule has 0 saturated carbocycles. The van der Waals surface area contributed by atoms with Crippen LogP contribution in [0.3, 0.4) is 0 Å². The smallest absolute Gasteiger partial charge is 0.319 e. The highest BCUT2D eigenvalue weighted by molar-refractivity contribution is 7.89. The third-order valence-electron chi connectivity index (χ3n) is 5.37. The van der Waals surface area contributed by atoms with Gasteiger partial charge in [-0.05, 0) is 36.4 Å². The molecule has 2 aromatic rings. The van der Waals surface area contributed by atoms with Crippen molar-refractivity contribution in [3.05, 3.63) is 42.5 Å². The van der Waals surface area contributed by atoms with E-state index >= 15 is 0 Å². The lowest BCUT2D eigenvalue weighted by Crippen LogP contribution is -2.50. The van der Waals surface area contributed by atoms with Gasteiger partial charge >= 0.3 is 6.03 Å². The molecule has 1 aliphatic heterocycles. The Morgan fingerprint density at radius 3 is 2.24 bits per heavy atom. The van der Waals surface area contributed by atoms with E-state index in [-0.39, 0.29) is 12.3 Å². The maximum absolute atomic E-state index is 12.7. The summed E-state index contributed by atoms with van der Waals surface area (Å²) in [7, 11) is 1.10. The monoisotopic (exact) mass is 478 g/mol. The maximum Gasteiger partial charge on any atom is 0.319 e. The molecule has 3 rings (SSSR count). The molecule has 0 bridgehead atoms. The van der Waals surface area contributed by atoms with Crippen LogP contribution in [0.15, 0.2) is 42.5 Å². The number of methoxy groups -OCH3 is 3. The summed E-state index contributed by atoms with van der Waals surface area (Å²) in [5, 5.41) is 5.24. The molecular weight excluding hydrogens is 448 g/mol. The Kier molecular flexibility index (Phi) is 8.23. The fourth-order valence-electron chi connectivity index (χ4n) is 3.59. The van der Waals surface area contributed by atoms with Gasteiger partial charge in [-0.1, -0.05) is 6.07 Å². The first kappa shape index (κ1) is 24.5.